The zero-order chi connectivity index (χ0) is 34.1. The predicted molar refractivity (Wildman–Crippen MR) is 172 cm³/mol. The van der Waals surface area contributed by atoms with E-state index in [1.54, 1.807) is 18.3 Å². The molecular weight excluding hydrogens is 639 g/mol. The Hall–Kier alpha value is -3.47. The maximum absolute atomic E-state index is 11.5. The van der Waals surface area contributed by atoms with Gasteiger partial charge in [-0.15, -0.1) is 0 Å². The van der Waals surface area contributed by atoms with Gasteiger partial charge in [-0.05, 0) is 76.3 Å². The quantitative estimate of drug-likeness (QED) is 0.0390. The van der Waals surface area contributed by atoms with Gasteiger partial charge in [0.2, 0.25) is 0 Å². The van der Waals surface area contributed by atoms with Crippen molar-refractivity contribution in [2.75, 3.05) is 22.6 Å². The Balaban J connectivity index is 0.00000130. The predicted octanol–water partition coefficient (Wildman–Crippen LogP) is 7.17. The fourth-order valence-electron chi connectivity index (χ4n) is 4.53. The molecule has 3 rings (SSSR count). The lowest BCUT2D eigenvalue weighted by atomic mass is 9.84. The first kappa shape index (κ1) is 37.7. The van der Waals surface area contributed by atoms with Gasteiger partial charge in [0.1, 0.15) is 0 Å². The first-order valence-electron chi connectivity index (χ1n) is 13.8. The molecule has 9 nitrogen and oxygen atoms in total. The van der Waals surface area contributed by atoms with Crippen molar-refractivity contribution in [3.05, 3.63) is 83.3 Å². The first-order valence-corrected chi connectivity index (χ1v) is 17.0. The number of anilines is 2. The molecule has 0 radical (unpaired) electrons. The second kappa shape index (κ2) is 15.7. The fourth-order valence-corrected chi connectivity index (χ4v) is 5.54. The molecule has 248 valence electrons. The van der Waals surface area contributed by atoms with Crippen LogP contribution in [0.1, 0.15) is 56.1 Å². The van der Waals surface area contributed by atoms with Crippen LogP contribution in [0.4, 0.5) is 28.6 Å². The highest BCUT2D eigenvalue weighted by atomic mass is 32.2. The molecule has 0 spiro atoms. The summed E-state index contributed by atoms with van der Waals surface area (Å²) in [5, 5.41) is 3.91. The second-order valence-corrected chi connectivity index (χ2v) is 14.3. The average Bonchev–Trinajstić information content (AvgIpc) is 2.86. The lowest BCUT2D eigenvalue weighted by molar-refractivity contribution is 0.368. The van der Waals surface area contributed by atoms with E-state index in [0.29, 0.717) is 29.9 Å². The van der Waals surface area contributed by atoms with Crippen LogP contribution in [-0.4, -0.2) is 44.7 Å². The van der Waals surface area contributed by atoms with E-state index in [2.05, 4.69) is 5.32 Å². The molecule has 0 atom stereocenters. The Bertz CT molecular complexity index is 1720. The smallest absolute Gasteiger partial charge is 0.418 e. The lowest BCUT2D eigenvalue weighted by Gasteiger charge is -2.17. The molecule has 0 aliphatic carbocycles. The molecule has 1 heterocycles. The van der Waals surface area contributed by atoms with Crippen LogP contribution in [0.15, 0.2) is 65.2 Å². The highest BCUT2D eigenvalue weighted by Crippen LogP contribution is 2.38. The molecule has 0 saturated heterocycles. The minimum absolute atomic E-state index is 0.167. The third kappa shape index (κ3) is 14.5. The zero-order valence-corrected chi connectivity index (χ0v) is 26.6. The molecular formula is C29H37BF4N2O7S2. The molecule has 2 aromatic carbocycles. The number of halogens is 4. The highest BCUT2D eigenvalue weighted by Gasteiger charge is 2.35. The van der Waals surface area contributed by atoms with Crippen LogP contribution in [0, 0.1) is 0 Å². The van der Waals surface area contributed by atoms with E-state index in [-0.39, 0.29) is 12.8 Å². The topological polar surface area (TPSA) is 158 Å². The number of nitrogens with one attached hydrogen (secondary N) is 1. The minimum Gasteiger partial charge on any atom is -0.418 e. The Morgan fingerprint density at radius 2 is 1.47 bits per heavy atom. The summed E-state index contributed by atoms with van der Waals surface area (Å²) in [5.41, 5.74) is 9.93. The van der Waals surface area contributed by atoms with Crippen LogP contribution in [0.3, 0.4) is 0 Å². The van der Waals surface area contributed by atoms with Gasteiger partial charge in [-0.2, -0.15) is 16.8 Å². The van der Waals surface area contributed by atoms with E-state index in [9.17, 15) is 43.2 Å². The summed E-state index contributed by atoms with van der Waals surface area (Å²) in [6.07, 6.45) is 8.33. The molecule has 45 heavy (non-hydrogen) atoms. The first-order chi connectivity index (χ1) is 20.6. The third-order valence-corrected chi connectivity index (χ3v) is 7.75. The van der Waals surface area contributed by atoms with Crippen molar-refractivity contribution in [1.82, 2.24) is 0 Å². The van der Waals surface area contributed by atoms with Crippen molar-refractivity contribution >= 4 is 55.9 Å². The summed E-state index contributed by atoms with van der Waals surface area (Å²) in [7, 11) is -14.3. The molecule has 0 saturated carbocycles. The largest absolute Gasteiger partial charge is 0.673 e. The molecule has 0 aliphatic rings. The van der Waals surface area contributed by atoms with Gasteiger partial charge in [0, 0.05) is 23.1 Å². The van der Waals surface area contributed by atoms with Crippen LogP contribution < -0.4 is 11.1 Å². The Morgan fingerprint density at radius 3 is 2.00 bits per heavy atom. The summed E-state index contributed by atoms with van der Waals surface area (Å²) in [4.78, 5) is 0. The van der Waals surface area contributed by atoms with Crippen molar-refractivity contribution in [3.63, 3.8) is 0 Å². The van der Waals surface area contributed by atoms with Crippen molar-refractivity contribution in [1.29, 1.82) is 0 Å². The minimum atomic E-state index is -6.00. The number of nitrogen functional groups attached to an aromatic ring is 1. The SMILES string of the molecule is CC(C)(C)c1[o+]c2cc(N)cc(CCCS(=O)(=O)O)c2c(C=CC=CNc2ccccc2)c1CCCS(=O)(=O)O.F[B-](F)(F)F. The molecule has 0 fully saturated rings. The van der Waals surface area contributed by atoms with Crippen LogP contribution in [-0.2, 0) is 38.5 Å². The van der Waals surface area contributed by atoms with Gasteiger partial charge < -0.3 is 28.3 Å². The molecule has 0 aliphatic heterocycles. The number of para-hydroxylation sites is 1. The number of aryl methyl sites for hydroxylation is 1. The highest BCUT2D eigenvalue weighted by molar-refractivity contribution is 7.86. The number of rotatable bonds is 12. The number of allylic oxidation sites excluding steroid dienone is 2. The molecule has 0 amide bonds. The zero-order valence-electron chi connectivity index (χ0n) is 25.0. The summed E-state index contributed by atoms with van der Waals surface area (Å²) in [5.74, 6) is -0.154. The van der Waals surface area contributed by atoms with Gasteiger partial charge in [-0.1, -0.05) is 30.4 Å². The molecule has 16 heteroatoms. The second-order valence-electron chi connectivity index (χ2n) is 11.1. The van der Waals surface area contributed by atoms with Gasteiger partial charge in [-0.25, -0.2) is 4.42 Å². The van der Waals surface area contributed by atoms with E-state index in [4.69, 9.17) is 10.2 Å². The normalized spacial score (nSPS) is 12.9. The monoisotopic (exact) mass is 676 g/mol. The number of fused-ring (bicyclic) bond motifs is 1. The molecule has 0 bridgehead atoms. The fraction of sp³-hybridized carbons (Fsp3) is 0.345. The van der Waals surface area contributed by atoms with E-state index in [1.165, 1.54) is 0 Å². The summed E-state index contributed by atoms with van der Waals surface area (Å²) in [6, 6.07) is 13.1. The number of benzene rings is 2. The van der Waals surface area contributed by atoms with Gasteiger partial charge in [0.05, 0.1) is 33.9 Å². The van der Waals surface area contributed by atoms with E-state index < -0.39 is 44.4 Å². The van der Waals surface area contributed by atoms with Gasteiger partial charge in [0.15, 0.2) is 0 Å². The van der Waals surface area contributed by atoms with Crippen LogP contribution in [0.25, 0.3) is 17.0 Å². The van der Waals surface area contributed by atoms with Crippen LogP contribution >= 0.6 is 0 Å². The maximum atomic E-state index is 11.5. The van der Waals surface area contributed by atoms with E-state index >= 15 is 0 Å². The number of hydrogen-bond acceptors (Lipinski definition) is 6. The summed E-state index contributed by atoms with van der Waals surface area (Å²) < 4.78 is 110. The maximum Gasteiger partial charge on any atom is 0.673 e. The average molecular weight is 677 g/mol. The van der Waals surface area contributed by atoms with Crippen molar-refractivity contribution in [2.45, 2.75) is 51.9 Å². The summed E-state index contributed by atoms with van der Waals surface area (Å²) >= 11 is 0. The van der Waals surface area contributed by atoms with Gasteiger partial charge >= 0.3 is 18.6 Å². The summed E-state index contributed by atoms with van der Waals surface area (Å²) in [6.45, 7) is 5.96. The number of nitrogens with two attached hydrogens (primary N) is 1. The van der Waals surface area contributed by atoms with Crippen molar-refractivity contribution < 1.29 is 47.6 Å². The molecule has 3 aromatic rings. The Morgan fingerprint density at radius 1 is 0.911 bits per heavy atom. The van der Waals surface area contributed by atoms with E-state index in [1.807, 2.05) is 69.3 Å². The van der Waals surface area contributed by atoms with Crippen molar-refractivity contribution in [3.8, 4) is 0 Å². The standard InChI is InChI=1S/C29H36N2O7S2.BF4/c1-29(2,3)28-25(15-10-18-40(35,36)37)24(14-7-8-16-31-23-12-5-4-6-13-23)27-21(11-9-17-39(32,33)34)19-22(30)20-26(27)38-28;2-1(3,4)5/h4-8,12-14,16,19-20,31H,9-11,15,17-18,30H2,1-3H3,(H-,32,33,34,35,36,37);/q;-1/p+1. The van der Waals surface area contributed by atoms with Crippen LogP contribution in [0.2, 0.25) is 0 Å². The Labute approximate surface area is 260 Å². The lowest BCUT2D eigenvalue weighted by Crippen LogP contribution is -2.17. The van der Waals surface area contributed by atoms with Crippen LogP contribution in [0.5, 0.6) is 0 Å². The molecule has 5 N–H and O–H groups in total. The Kier molecular flexibility index (Phi) is 13.2. The van der Waals surface area contributed by atoms with Gasteiger partial charge in [0.25, 0.3) is 20.2 Å². The van der Waals surface area contributed by atoms with E-state index in [0.717, 1.165) is 27.8 Å². The molecule has 1 aromatic heterocycles. The van der Waals surface area contributed by atoms with Gasteiger partial charge in [-0.3, -0.25) is 9.11 Å². The third-order valence-electron chi connectivity index (χ3n) is 6.14. The van der Waals surface area contributed by atoms with Crippen molar-refractivity contribution in [2.24, 2.45) is 0 Å². The number of hydrogen-bond donors (Lipinski definition) is 4. The molecule has 0 unspecified atom stereocenters.